The second-order valence-electron chi connectivity index (χ2n) is 3.42. The highest BCUT2D eigenvalue weighted by Crippen LogP contribution is 2.30. The Kier molecular flexibility index (Phi) is 3.19. The van der Waals surface area contributed by atoms with Gasteiger partial charge in [-0.3, -0.25) is 0 Å². The molecule has 88 valence electrons. The van der Waals surface area contributed by atoms with Crippen molar-refractivity contribution in [1.29, 1.82) is 0 Å². The number of benzene rings is 1. The summed E-state index contributed by atoms with van der Waals surface area (Å²) in [7, 11) is 0. The highest BCUT2D eigenvalue weighted by Gasteiger charge is 2.20. The summed E-state index contributed by atoms with van der Waals surface area (Å²) in [6.45, 7) is 1.88. The molecule has 0 atom stereocenters. The fraction of sp³-hybridized carbons (Fsp3) is 0.167. The van der Waals surface area contributed by atoms with E-state index in [0.717, 1.165) is 11.3 Å². The average Bonchev–Trinajstić information content (AvgIpc) is 2.73. The molecule has 0 radical (unpaired) electrons. The quantitative estimate of drug-likeness (QED) is 0.911. The summed E-state index contributed by atoms with van der Waals surface area (Å²) in [6, 6.07) is 6.06. The van der Waals surface area contributed by atoms with Gasteiger partial charge < -0.3 is 5.11 Å². The Morgan fingerprint density at radius 1 is 1.47 bits per heavy atom. The maximum Gasteiger partial charge on any atom is 0.348 e. The Bertz CT molecular complexity index is 565. The van der Waals surface area contributed by atoms with Crippen LogP contribution in [0.3, 0.4) is 0 Å². The Labute approximate surface area is 102 Å². The SMILES string of the molecule is CCc1nc(-c2ccccc2F)c(C(=O)O)s1. The zero-order chi connectivity index (χ0) is 12.4. The van der Waals surface area contributed by atoms with Gasteiger partial charge in [0.15, 0.2) is 0 Å². The number of hydrogen-bond acceptors (Lipinski definition) is 3. The second-order valence-corrected chi connectivity index (χ2v) is 4.51. The Morgan fingerprint density at radius 3 is 2.76 bits per heavy atom. The lowest BCUT2D eigenvalue weighted by Crippen LogP contribution is -1.96. The molecule has 17 heavy (non-hydrogen) atoms. The number of carboxylic acids is 1. The molecule has 2 rings (SSSR count). The molecule has 3 nitrogen and oxygen atoms in total. The zero-order valence-corrected chi connectivity index (χ0v) is 9.92. The van der Waals surface area contributed by atoms with E-state index in [0.29, 0.717) is 11.4 Å². The molecule has 0 saturated heterocycles. The van der Waals surface area contributed by atoms with Gasteiger partial charge in [-0.25, -0.2) is 14.2 Å². The predicted octanol–water partition coefficient (Wildman–Crippen LogP) is 3.21. The number of thiazole rings is 1. The van der Waals surface area contributed by atoms with Crippen molar-refractivity contribution in [3.8, 4) is 11.3 Å². The molecule has 0 unspecified atom stereocenters. The predicted molar refractivity (Wildman–Crippen MR) is 63.8 cm³/mol. The summed E-state index contributed by atoms with van der Waals surface area (Å²) in [4.78, 5) is 15.4. The van der Waals surface area contributed by atoms with Gasteiger partial charge in [0.1, 0.15) is 10.7 Å². The van der Waals surface area contributed by atoms with Crippen molar-refractivity contribution in [3.05, 3.63) is 40.0 Å². The highest BCUT2D eigenvalue weighted by molar-refractivity contribution is 7.14. The molecule has 0 aliphatic carbocycles. The minimum absolute atomic E-state index is 0.0898. The van der Waals surface area contributed by atoms with Gasteiger partial charge >= 0.3 is 5.97 Å². The van der Waals surface area contributed by atoms with Gasteiger partial charge in [-0.1, -0.05) is 19.1 Å². The van der Waals surface area contributed by atoms with E-state index in [1.54, 1.807) is 12.1 Å². The van der Waals surface area contributed by atoms with Crippen molar-refractivity contribution in [1.82, 2.24) is 4.98 Å². The molecule has 0 fully saturated rings. The summed E-state index contributed by atoms with van der Waals surface area (Å²) in [5.41, 5.74) is 0.457. The van der Waals surface area contributed by atoms with Crippen molar-refractivity contribution >= 4 is 17.3 Å². The number of carbonyl (C=O) groups is 1. The smallest absolute Gasteiger partial charge is 0.348 e. The summed E-state index contributed by atoms with van der Waals surface area (Å²) < 4.78 is 13.6. The summed E-state index contributed by atoms with van der Waals surface area (Å²) >= 11 is 1.09. The molecular formula is C12H10FNO2S. The minimum atomic E-state index is -1.07. The van der Waals surface area contributed by atoms with Gasteiger partial charge in [-0.15, -0.1) is 11.3 Å². The van der Waals surface area contributed by atoms with Gasteiger partial charge in [0.05, 0.1) is 10.7 Å². The van der Waals surface area contributed by atoms with Gasteiger partial charge in [0, 0.05) is 5.56 Å². The molecule has 1 aromatic heterocycles. The number of aromatic carboxylic acids is 1. The maximum atomic E-state index is 13.6. The van der Waals surface area contributed by atoms with E-state index >= 15 is 0 Å². The van der Waals surface area contributed by atoms with Crippen LogP contribution in [0.1, 0.15) is 21.6 Å². The molecule has 0 spiro atoms. The molecule has 2 aromatic rings. The number of aryl methyl sites for hydroxylation is 1. The van der Waals surface area contributed by atoms with E-state index in [1.807, 2.05) is 6.92 Å². The van der Waals surface area contributed by atoms with Crippen LogP contribution in [0.5, 0.6) is 0 Å². The first kappa shape index (κ1) is 11.7. The Balaban J connectivity index is 2.62. The van der Waals surface area contributed by atoms with Gasteiger partial charge in [-0.05, 0) is 18.6 Å². The van der Waals surface area contributed by atoms with Crippen LogP contribution in [0.4, 0.5) is 4.39 Å². The lowest BCUT2D eigenvalue weighted by Gasteiger charge is -2.00. The molecule has 1 aromatic carbocycles. The molecule has 0 aliphatic heterocycles. The van der Waals surface area contributed by atoms with Gasteiger partial charge in [-0.2, -0.15) is 0 Å². The minimum Gasteiger partial charge on any atom is -0.477 e. The molecule has 5 heteroatoms. The van der Waals surface area contributed by atoms with Crippen LogP contribution in [-0.4, -0.2) is 16.1 Å². The topological polar surface area (TPSA) is 50.2 Å². The van der Waals surface area contributed by atoms with Crippen LogP contribution >= 0.6 is 11.3 Å². The fourth-order valence-corrected chi connectivity index (χ4v) is 2.35. The van der Waals surface area contributed by atoms with Crippen molar-refractivity contribution in [3.63, 3.8) is 0 Å². The molecule has 0 saturated carbocycles. The Morgan fingerprint density at radius 2 is 2.18 bits per heavy atom. The van der Waals surface area contributed by atoms with Gasteiger partial charge in [0.25, 0.3) is 0 Å². The second kappa shape index (κ2) is 4.63. The van der Waals surface area contributed by atoms with Crippen LogP contribution in [0.15, 0.2) is 24.3 Å². The molecule has 0 aliphatic rings. The van der Waals surface area contributed by atoms with E-state index in [2.05, 4.69) is 4.98 Å². The lowest BCUT2D eigenvalue weighted by molar-refractivity contribution is 0.0702. The molecule has 0 bridgehead atoms. The van der Waals surface area contributed by atoms with Crippen LogP contribution < -0.4 is 0 Å². The van der Waals surface area contributed by atoms with Crippen LogP contribution in [0.2, 0.25) is 0 Å². The van der Waals surface area contributed by atoms with Crippen molar-refractivity contribution in [2.45, 2.75) is 13.3 Å². The van der Waals surface area contributed by atoms with Crippen LogP contribution in [-0.2, 0) is 6.42 Å². The van der Waals surface area contributed by atoms with E-state index in [4.69, 9.17) is 5.11 Å². The highest BCUT2D eigenvalue weighted by atomic mass is 32.1. The maximum absolute atomic E-state index is 13.6. The normalized spacial score (nSPS) is 10.5. The van der Waals surface area contributed by atoms with E-state index in [1.165, 1.54) is 12.1 Å². The standard InChI is InChI=1S/C12H10FNO2S/c1-2-9-14-10(11(17-9)12(15)16)7-5-3-4-6-8(7)13/h3-6H,2H2,1H3,(H,15,16). The van der Waals surface area contributed by atoms with Crippen LogP contribution in [0, 0.1) is 5.82 Å². The van der Waals surface area contributed by atoms with E-state index < -0.39 is 11.8 Å². The number of nitrogens with zero attached hydrogens (tertiary/aromatic N) is 1. The number of hydrogen-bond donors (Lipinski definition) is 1. The number of rotatable bonds is 3. The van der Waals surface area contributed by atoms with Crippen molar-refractivity contribution in [2.75, 3.05) is 0 Å². The lowest BCUT2D eigenvalue weighted by atomic mass is 10.1. The van der Waals surface area contributed by atoms with E-state index in [-0.39, 0.29) is 16.1 Å². The summed E-state index contributed by atoms with van der Waals surface area (Å²) in [5, 5.41) is 9.77. The van der Waals surface area contributed by atoms with Crippen molar-refractivity contribution in [2.24, 2.45) is 0 Å². The van der Waals surface area contributed by atoms with E-state index in [9.17, 15) is 9.18 Å². The fourth-order valence-electron chi connectivity index (χ4n) is 1.50. The third-order valence-electron chi connectivity index (χ3n) is 2.30. The molecule has 1 N–H and O–H groups in total. The summed E-state index contributed by atoms with van der Waals surface area (Å²) in [6.07, 6.45) is 0.638. The first-order valence-corrected chi connectivity index (χ1v) is 5.93. The van der Waals surface area contributed by atoms with Crippen LogP contribution in [0.25, 0.3) is 11.3 Å². The van der Waals surface area contributed by atoms with Gasteiger partial charge in [0.2, 0.25) is 0 Å². The van der Waals surface area contributed by atoms with Crippen molar-refractivity contribution < 1.29 is 14.3 Å². The number of aromatic nitrogens is 1. The third kappa shape index (κ3) is 2.19. The average molecular weight is 251 g/mol. The zero-order valence-electron chi connectivity index (χ0n) is 9.11. The first-order chi connectivity index (χ1) is 8.13. The molecular weight excluding hydrogens is 241 g/mol. The largest absolute Gasteiger partial charge is 0.477 e. The molecule has 0 amide bonds. The number of carboxylic acid groups (broad SMARTS) is 1. The monoisotopic (exact) mass is 251 g/mol. The Hall–Kier alpha value is -1.75. The first-order valence-electron chi connectivity index (χ1n) is 5.11. The summed E-state index contributed by atoms with van der Waals surface area (Å²) in [5.74, 6) is -1.52. The third-order valence-corrected chi connectivity index (χ3v) is 3.48. The number of halogens is 1. The molecule has 1 heterocycles.